The lowest BCUT2D eigenvalue weighted by molar-refractivity contribution is -0.138. The van der Waals surface area contributed by atoms with Crippen LogP contribution in [0.1, 0.15) is 6.42 Å². The molecule has 3 aliphatic rings. The van der Waals surface area contributed by atoms with E-state index in [0.29, 0.717) is 17.1 Å². The quantitative estimate of drug-likeness (QED) is 0.537. The molecule has 78 valence electrons. The smallest absolute Gasteiger partial charge is 0.294 e. The van der Waals surface area contributed by atoms with Gasteiger partial charge in [-0.2, -0.15) is 0 Å². The summed E-state index contributed by atoms with van der Waals surface area (Å²) in [4.78, 5) is 39.3. The van der Waals surface area contributed by atoms with E-state index in [2.05, 4.69) is 4.99 Å². The van der Waals surface area contributed by atoms with E-state index >= 15 is 0 Å². The van der Waals surface area contributed by atoms with Crippen LogP contribution in [0.15, 0.2) is 40.3 Å². The molecule has 2 heterocycles. The Hall–Kier alpha value is -2.30. The summed E-state index contributed by atoms with van der Waals surface area (Å²) in [6.45, 7) is 0. The lowest BCUT2D eigenvalue weighted by Crippen LogP contribution is -2.32. The molecule has 1 aliphatic carbocycles. The van der Waals surface area contributed by atoms with Gasteiger partial charge < -0.3 is 0 Å². The van der Waals surface area contributed by atoms with Gasteiger partial charge in [-0.15, -0.1) is 0 Å². The van der Waals surface area contributed by atoms with Gasteiger partial charge in [-0.05, 0) is 0 Å². The van der Waals surface area contributed by atoms with Crippen LogP contribution in [0.4, 0.5) is 0 Å². The van der Waals surface area contributed by atoms with Gasteiger partial charge in [0, 0.05) is 18.6 Å². The van der Waals surface area contributed by atoms with Crippen molar-refractivity contribution in [3.63, 3.8) is 0 Å². The fourth-order valence-corrected chi connectivity index (χ4v) is 1.86. The summed E-state index contributed by atoms with van der Waals surface area (Å²) >= 11 is 0. The predicted molar refractivity (Wildman–Crippen MR) is 54.2 cm³/mol. The van der Waals surface area contributed by atoms with Crippen LogP contribution in [-0.2, 0) is 14.4 Å². The van der Waals surface area contributed by atoms with E-state index in [1.165, 1.54) is 23.3 Å². The van der Waals surface area contributed by atoms with E-state index in [1.807, 2.05) is 0 Å². The average Bonchev–Trinajstić information content (AvgIpc) is 2.55. The summed E-state index contributed by atoms with van der Waals surface area (Å²) in [5, 5.41) is 0. The van der Waals surface area contributed by atoms with Crippen molar-refractivity contribution in [2.75, 3.05) is 0 Å². The van der Waals surface area contributed by atoms with Crippen molar-refractivity contribution in [3.05, 3.63) is 35.3 Å². The Kier molecular flexibility index (Phi) is 1.60. The summed E-state index contributed by atoms with van der Waals surface area (Å²) in [6.07, 6.45) is 5.92. The molecule has 0 spiro atoms. The minimum Gasteiger partial charge on any atom is -0.294 e. The topological polar surface area (TPSA) is 66.8 Å². The van der Waals surface area contributed by atoms with Gasteiger partial charge in [-0.3, -0.25) is 24.3 Å². The van der Waals surface area contributed by atoms with Crippen molar-refractivity contribution in [3.8, 4) is 0 Å². The summed E-state index contributed by atoms with van der Waals surface area (Å²) < 4.78 is 0. The number of hydrogen-bond donors (Lipinski definition) is 0. The van der Waals surface area contributed by atoms with Crippen LogP contribution >= 0.6 is 0 Å². The van der Waals surface area contributed by atoms with Gasteiger partial charge in [0.15, 0.2) is 5.78 Å². The number of rotatable bonds is 0. The lowest BCUT2D eigenvalue weighted by Gasteiger charge is -2.26. The van der Waals surface area contributed by atoms with E-state index in [4.69, 9.17) is 0 Å². The number of amides is 1. The molecule has 0 aromatic rings. The molecule has 0 saturated carbocycles. The number of hydrogen-bond acceptors (Lipinski definition) is 4. The van der Waals surface area contributed by atoms with E-state index < -0.39 is 11.7 Å². The monoisotopic (exact) mass is 214 g/mol. The third-order valence-electron chi connectivity index (χ3n) is 2.58. The fraction of sp³-hybridized carbons (Fsp3) is 0.0909. The average molecular weight is 214 g/mol. The van der Waals surface area contributed by atoms with Crippen LogP contribution < -0.4 is 0 Å². The Balaban J connectivity index is 2.15. The molecule has 1 amide bonds. The highest BCUT2D eigenvalue weighted by Crippen LogP contribution is 2.31. The van der Waals surface area contributed by atoms with Crippen molar-refractivity contribution < 1.29 is 14.4 Å². The second-order valence-corrected chi connectivity index (χ2v) is 3.62. The Labute approximate surface area is 90.4 Å². The Morgan fingerprint density at radius 1 is 1.19 bits per heavy atom. The maximum Gasteiger partial charge on any atom is 0.303 e. The highest BCUT2D eigenvalue weighted by molar-refractivity contribution is 6.45. The minimum atomic E-state index is -0.590. The largest absolute Gasteiger partial charge is 0.303 e. The van der Waals surface area contributed by atoms with Gasteiger partial charge >= 0.3 is 5.91 Å². The first-order valence-electron chi connectivity index (χ1n) is 4.76. The number of allylic oxidation sites excluding steroid dienone is 3. The normalized spacial score (nSPS) is 22.6. The zero-order valence-electron chi connectivity index (χ0n) is 8.14. The van der Waals surface area contributed by atoms with Crippen LogP contribution in [0.25, 0.3) is 0 Å². The summed E-state index contributed by atoms with van der Waals surface area (Å²) in [6, 6.07) is 0. The predicted octanol–water partition coefficient (Wildman–Crippen LogP) is 0.107. The minimum absolute atomic E-state index is 0.0543. The maximum absolute atomic E-state index is 11.6. The number of aliphatic imine (C=N–C) groups is 1. The van der Waals surface area contributed by atoms with E-state index in [-0.39, 0.29) is 12.2 Å². The van der Waals surface area contributed by atoms with Gasteiger partial charge in [-0.25, -0.2) is 0 Å². The zero-order chi connectivity index (χ0) is 11.3. The first-order chi connectivity index (χ1) is 7.66. The van der Waals surface area contributed by atoms with E-state index in [0.717, 1.165) is 0 Å². The van der Waals surface area contributed by atoms with Crippen LogP contribution in [0.5, 0.6) is 0 Å². The van der Waals surface area contributed by atoms with Gasteiger partial charge in [0.05, 0.1) is 23.3 Å². The summed E-state index contributed by atoms with van der Waals surface area (Å²) in [5.41, 5.74) is 1.44. The van der Waals surface area contributed by atoms with Gasteiger partial charge in [0.25, 0.3) is 0 Å². The molecule has 0 fully saturated rings. The number of carbonyl (C=O) groups excluding carboxylic acids is 3. The van der Waals surface area contributed by atoms with Crippen LogP contribution in [-0.4, -0.2) is 28.6 Å². The van der Waals surface area contributed by atoms with E-state index in [1.54, 1.807) is 6.08 Å². The second kappa shape index (κ2) is 2.85. The molecular weight excluding hydrogens is 208 g/mol. The van der Waals surface area contributed by atoms with E-state index in [9.17, 15) is 14.4 Å². The van der Waals surface area contributed by atoms with Crippen molar-refractivity contribution in [2.45, 2.75) is 6.42 Å². The fourth-order valence-electron chi connectivity index (χ4n) is 1.86. The van der Waals surface area contributed by atoms with Crippen LogP contribution in [0, 0.1) is 0 Å². The SMILES string of the molecule is O=C1C=C2N=CC3=CC(=O)C(=O)N3C2=CC1. The molecule has 5 heteroatoms. The standard InChI is InChI=1S/C11H6N2O3/c14-7-1-2-9-8(4-7)12-5-6-3-10(15)11(16)13(6)9/h2-5H,1H2. The molecule has 5 nitrogen and oxygen atoms in total. The molecule has 0 radical (unpaired) electrons. The first kappa shape index (κ1) is 8.96. The third kappa shape index (κ3) is 1.05. The molecule has 0 atom stereocenters. The zero-order valence-corrected chi connectivity index (χ0v) is 8.14. The van der Waals surface area contributed by atoms with Gasteiger partial charge in [0.2, 0.25) is 5.78 Å². The first-order valence-corrected chi connectivity index (χ1v) is 4.76. The molecule has 0 bridgehead atoms. The maximum atomic E-state index is 11.6. The molecule has 3 rings (SSSR count). The lowest BCUT2D eigenvalue weighted by atomic mass is 10.1. The highest BCUT2D eigenvalue weighted by atomic mass is 16.2. The summed E-state index contributed by atoms with van der Waals surface area (Å²) in [5.74, 6) is -1.20. The molecule has 2 aliphatic heterocycles. The molecule has 0 aromatic heterocycles. The second-order valence-electron chi connectivity index (χ2n) is 3.62. The van der Waals surface area contributed by atoms with Gasteiger partial charge in [-0.1, -0.05) is 6.08 Å². The summed E-state index contributed by atoms with van der Waals surface area (Å²) in [7, 11) is 0. The molecule has 0 N–H and O–H groups in total. The molecule has 0 saturated heterocycles. The van der Waals surface area contributed by atoms with Crippen molar-refractivity contribution in [1.82, 2.24) is 4.90 Å². The molecule has 0 unspecified atom stereocenters. The number of fused-ring (bicyclic) bond motifs is 3. The van der Waals surface area contributed by atoms with Crippen molar-refractivity contribution in [2.24, 2.45) is 4.99 Å². The van der Waals surface area contributed by atoms with Gasteiger partial charge in [0.1, 0.15) is 0 Å². The highest BCUT2D eigenvalue weighted by Gasteiger charge is 2.37. The number of nitrogens with zero attached hydrogens (tertiary/aromatic N) is 2. The Morgan fingerprint density at radius 3 is 2.81 bits per heavy atom. The number of ketones is 2. The van der Waals surface area contributed by atoms with Crippen LogP contribution in [0.3, 0.4) is 0 Å². The van der Waals surface area contributed by atoms with Crippen molar-refractivity contribution >= 4 is 23.7 Å². The van der Waals surface area contributed by atoms with Crippen LogP contribution in [0.2, 0.25) is 0 Å². The molecular formula is C11H6N2O3. The Morgan fingerprint density at radius 2 is 2.00 bits per heavy atom. The molecule has 16 heavy (non-hydrogen) atoms. The third-order valence-corrected chi connectivity index (χ3v) is 2.58. The Bertz CT molecular complexity index is 564. The number of carbonyl (C=O) groups is 3. The van der Waals surface area contributed by atoms with Crippen molar-refractivity contribution in [1.29, 1.82) is 0 Å². The molecule has 0 aromatic carbocycles.